The van der Waals surface area contributed by atoms with Crippen LogP contribution in [0, 0.1) is 13.8 Å². The summed E-state index contributed by atoms with van der Waals surface area (Å²) in [5.74, 6) is -0.0684. The van der Waals surface area contributed by atoms with Crippen molar-refractivity contribution in [3.8, 4) is 0 Å². The molecule has 4 rings (SSSR count). The van der Waals surface area contributed by atoms with Crippen molar-refractivity contribution in [2.75, 3.05) is 5.32 Å². The van der Waals surface area contributed by atoms with Gasteiger partial charge < -0.3 is 10.1 Å². The van der Waals surface area contributed by atoms with E-state index in [2.05, 4.69) is 17.4 Å². The molecule has 188 valence electrons. The van der Waals surface area contributed by atoms with E-state index >= 15 is 0 Å². The second-order valence-corrected chi connectivity index (χ2v) is 8.97. The van der Waals surface area contributed by atoms with Crippen LogP contribution in [0.4, 0.5) is 5.69 Å². The van der Waals surface area contributed by atoms with Crippen molar-refractivity contribution in [2.24, 2.45) is 0 Å². The topological polar surface area (TPSA) is 63.2 Å². The average molecular weight is 492 g/mol. The second kappa shape index (κ2) is 14.3. The van der Waals surface area contributed by atoms with Gasteiger partial charge in [-0.25, -0.2) is 0 Å². The molecule has 1 N–H and O–H groups in total. The summed E-state index contributed by atoms with van der Waals surface area (Å²) in [4.78, 5) is 35.0. The third-order valence-electron chi connectivity index (χ3n) is 5.95. The minimum Gasteiger partial charge on any atom is -0.326 e. The number of rotatable bonds is 9. The standard InChI is InChI=1S/C24H23NO2.C9H10O/c1-18-15-16-21(17-22(18)24(27)20-12-6-3-7-13-20)25-23(26)14-8-11-19-9-4-2-5-10-19;1-8-2-4-9(5-3-8)6-7-10/h2-7,9-10,12-13,15-17H,8,11,14H2,1H3,(H,25,26);2-5,7H,6H2,1H3. The summed E-state index contributed by atoms with van der Waals surface area (Å²) < 4.78 is 0. The van der Waals surface area contributed by atoms with Gasteiger partial charge in [0.05, 0.1) is 0 Å². The van der Waals surface area contributed by atoms with E-state index in [1.165, 1.54) is 11.1 Å². The van der Waals surface area contributed by atoms with Gasteiger partial charge in [0.15, 0.2) is 5.78 Å². The molecular formula is C33H33NO3. The number of hydrogen-bond donors (Lipinski definition) is 1. The average Bonchev–Trinajstić information content (AvgIpc) is 2.92. The molecule has 1 amide bonds. The van der Waals surface area contributed by atoms with Crippen LogP contribution < -0.4 is 5.32 Å². The Labute approximate surface area is 219 Å². The minimum atomic E-state index is -0.0344. The highest BCUT2D eigenvalue weighted by Crippen LogP contribution is 2.19. The van der Waals surface area contributed by atoms with Crippen LogP contribution in [-0.4, -0.2) is 18.0 Å². The Morgan fingerprint density at radius 2 is 1.41 bits per heavy atom. The van der Waals surface area contributed by atoms with Crippen molar-refractivity contribution < 1.29 is 14.4 Å². The zero-order chi connectivity index (χ0) is 26.5. The lowest BCUT2D eigenvalue weighted by molar-refractivity contribution is -0.116. The van der Waals surface area contributed by atoms with E-state index in [9.17, 15) is 14.4 Å². The van der Waals surface area contributed by atoms with Crippen LogP contribution in [0.1, 0.15) is 51.0 Å². The van der Waals surface area contributed by atoms with Crippen LogP contribution >= 0.6 is 0 Å². The van der Waals surface area contributed by atoms with Crippen molar-refractivity contribution in [2.45, 2.75) is 39.5 Å². The molecule has 4 aromatic rings. The molecule has 0 aliphatic rings. The summed E-state index contributed by atoms with van der Waals surface area (Å²) in [5.41, 5.74) is 6.36. The lowest BCUT2D eigenvalue weighted by Crippen LogP contribution is -2.12. The highest BCUT2D eigenvalue weighted by Gasteiger charge is 2.13. The van der Waals surface area contributed by atoms with Crippen LogP contribution in [-0.2, 0) is 22.4 Å². The summed E-state index contributed by atoms with van der Waals surface area (Å²) in [6.07, 6.45) is 3.56. The van der Waals surface area contributed by atoms with Gasteiger partial charge in [-0.1, -0.05) is 96.6 Å². The van der Waals surface area contributed by atoms with E-state index in [1.807, 2.05) is 86.6 Å². The predicted molar refractivity (Wildman–Crippen MR) is 150 cm³/mol. The minimum absolute atomic E-state index is 0.0340. The lowest BCUT2D eigenvalue weighted by Gasteiger charge is -2.10. The van der Waals surface area contributed by atoms with Crippen molar-refractivity contribution in [3.05, 3.63) is 137 Å². The van der Waals surface area contributed by atoms with E-state index in [-0.39, 0.29) is 11.7 Å². The fourth-order valence-corrected chi connectivity index (χ4v) is 3.83. The first kappa shape index (κ1) is 27.3. The highest BCUT2D eigenvalue weighted by atomic mass is 16.1. The maximum absolute atomic E-state index is 12.7. The van der Waals surface area contributed by atoms with E-state index in [1.54, 1.807) is 18.2 Å². The van der Waals surface area contributed by atoms with Gasteiger partial charge in [-0.3, -0.25) is 9.59 Å². The number of nitrogens with one attached hydrogen (secondary N) is 1. The smallest absolute Gasteiger partial charge is 0.224 e. The second-order valence-electron chi connectivity index (χ2n) is 8.97. The Morgan fingerprint density at radius 3 is 2.05 bits per heavy atom. The lowest BCUT2D eigenvalue weighted by atomic mass is 9.98. The number of anilines is 1. The van der Waals surface area contributed by atoms with Gasteiger partial charge in [-0.2, -0.15) is 0 Å². The van der Waals surface area contributed by atoms with E-state index in [0.717, 1.165) is 30.3 Å². The number of aryl methyl sites for hydroxylation is 3. The van der Waals surface area contributed by atoms with E-state index < -0.39 is 0 Å². The first-order chi connectivity index (χ1) is 18.0. The third kappa shape index (κ3) is 9.01. The number of benzene rings is 4. The number of amides is 1. The zero-order valence-corrected chi connectivity index (χ0v) is 21.4. The number of aldehydes is 1. The first-order valence-electron chi connectivity index (χ1n) is 12.5. The van der Waals surface area contributed by atoms with Gasteiger partial charge in [-0.15, -0.1) is 0 Å². The fraction of sp³-hybridized carbons (Fsp3) is 0.182. The van der Waals surface area contributed by atoms with E-state index in [4.69, 9.17) is 0 Å². The van der Waals surface area contributed by atoms with Crippen LogP contribution in [0.15, 0.2) is 103 Å². The SMILES string of the molecule is Cc1ccc(CC=O)cc1.Cc1ccc(NC(=O)CCCc2ccccc2)cc1C(=O)c1ccccc1. The summed E-state index contributed by atoms with van der Waals surface area (Å²) in [6, 6.07) is 32.8. The maximum atomic E-state index is 12.7. The first-order valence-corrected chi connectivity index (χ1v) is 12.5. The molecule has 0 heterocycles. The monoisotopic (exact) mass is 491 g/mol. The van der Waals surface area contributed by atoms with Gasteiger partial charge in [0.25, 0.3) is 0 Å². The van der Waals surface area contributed by atoms with E-state index in [0.29, 0.717) is 29.7 Å². The molecule has 0 atom stereocenters. The molecule has 0 spiro atoms. The maximum Gasteiger partial charge on any atom is 0.224 e. The Bertz CT molecular complexity index is 1300. The molecule has 4 aromatic carbocycles. The number of hydrogen-bond acceptors (Lipinski definition) is 3. The summed E-state index contributed by atoms with van der Waals surface area (Å²) in [5, 5.41) is 2.91. The van der Waals surface area contributed by atoms with Crippen molar-refractivity contribution in [3.63, 3.8) is 0 Å². The van der Waals surface area contributed by atoms with Gasteiger partial charge in [-0.05, 0) is 55.5 Å². The van der Waals surface area contributed by atoms with Gasteiger partial charge in [0.2, 0.25) is 5.91 Å². The van der Waals surface area contributed by atoms with Crippen molar-refractivity contribution >= 4 is 23.7 Å². The molecule has 0 aliphatic carbocycles. The van der Waals surface area contributed by atoms with Crippen molar-refractivity contribution in [1.82, 2.24) is 0 Å². The molecule has 4 heteroatoms. The quantitative estimate of drug-likeness (QED) is 0.204. The van der Waals surface area contributed by atoms with Crippen LogP contribution in [0.25, 0.3) is 0 Å². The van der Waals surface area contributed by atoms with Gasteiger partial charge >= 0.3 is 0 Å². The molecule has 0 saturated heterocycles. The Morgan fingerprint density at radius 1 is 0.757 bits per heavy atom. The van der Waals surface area contributed by atoms with Crippen LogP contribution in [0.2, 0.25) is 0 Å². The van der Waals surface area contributed by atoms with Crippen LogP contribution in [0.3, 0.4) is 0 Å². The summed E-state index contributed by atoms with van der Waals surface area (Å²) in [7, 11) is 0. The molecule has 0 aliphatic heterocycles. The number of ketones is 1. The third-order valence-corrected chi connectivity index (χ3v) is 5.95. The molecule has 0 aromatic heterocycles. The largest absolute Gasteiger partial charge is 0.326 e. The molecule has 0 fully saturated rings. The van der Waals surface area contributed by atoms with Crippen molar-refractivity contribution in [1.29, 1.82) is 0 Å². The normalized spacial score (nSPS) is 10.1. The number of carbonyl (C=O) groups is 3. The Kier molecular flexibility index (Phi) is 10.5. The molecular weight excluding hydrogens is 458 g/mol. The Hall–Kier alpha value is -4.31. The van der Waals surface area contributed by atoms with Gasteiger partial charge in [0.1, 0.15) is 6.29 Å². The summed E-state index contributed by atoms with van der Waals surface area (Å²) in [6.45, 7) is 3.94. The molecule has 0 radical (unpaired) electrons. The summed E-state index contributed by atoms with van der Waals surface area (Å²) >= 11 is 0. The van der Waals surface area contributed by atoms with Crippen LogP contribution in [0.5, 0.6) is 0 Å². The molecule has 0 bridgehead atoms. The fourth-order valence-electron chi connectivity index (χ4n) is 3.83. The highest BCUT2D eigenvalue weighted by molar-refractivity contribution is 6.10. The molecule has 0 unspecified atom stereocenters. The molecule has 4 nitrogen and oxygen atoms in total. The molecule has 37 heavy (non-hydrogen) atoms. The number of carbonyl (C=O) groups excluding carboxylic acids is 3. The predicted octanol–water partition coefficient (Wildman–Crippen LogP) is 6.92. The Balaban J connectivity index is 0.000000319. The zero-order valence-electron chi connectivity index (χ0n) is 21.4. The van der Waals surface area contributed by atoms with Gasteiger partial charge in [0, 0.05) is 29.7 Å². The molecule has 0 saturated carbocycles.